The third kappa shape index (κ3) is 7.44. The molecule has 0 rings (SSSR count). The summed E-state index contributed by atoms with van der Waals surface area (Å²) < 4.78 is 0.770. The zero-order chi connectivity index (χ0) is 9.23. The Kier molecular flexibility index (Phi) is 10.5. The van der Waals surface area contributed by atoms with Gasteiger partial charge >= 0.3 is 0 Å². The quantitative estimate of drug-likeness (QED) is 0.449. The Bertz CT molecular complexity index is 112. The van der Waals surface area contributed by atoms with Crippen LogP contribution in [0.15, 0.2) is 11.5 Å². The summed E-state index contributed by atoms with van der Waals surface area (Å²) in [4.78, 5) is 0. The predicted molar refractivity (Wildman–Crippen MR) is 66.8 cm³/mol. The first kappa shape index (κ1) is 12.8. The zero-order valence-electron chi connectivity index (χ0n) is 8.08. The normalized spacial score (nSPS) is 13.9. The second-order valence-corrected chi connectivity index (χ2v) is 6.36. The van der Waals surface area contributed by atoms with Crippen LogP contribution in [0.4, 0.5) is 0 Å². The summed E-state index contributed by atoms with van der Waals surface area (Å²) >= 11 is 2.08. The number of hydrogen-bond acceptors (Lipinski definition) is 3. The highest BCUT2D eigenvalue weighted by Gasteiger charge is 2.05. The number of allylic oxidation sites excluding steroid dienone is 1. The Labute approximate surface area is 88.7 Å². The molecule has 0 aromatic heterocycles. The highest BCUT2D eigenvalue weighted by molar-refractivity contribution is 8.79. The van der Waals surface area contributed by atoms with Crippen LogP contribution in [0.5, 0.6) is 0 Å². The van der Waals surface area contributed by atoms with Crippen molar-refractivity contribution in [1.29, 1.82) is 0 Å². The van der Waals surface area contributed by atoms with Gasteiger partial charge in [0.1, 0.15) is 0 Å². The van der Waals surface area contributed by atoms with E-state index in [4.69, 9.17) is 0 Å². The standard InChI is InChI=1S/C9H18S3/c1-4-7-10-9(6-3)12-11-8-5-2/h5,8-9H,4,6-7H2,1-3H3/b8-5-. The summed E-state index contributed by atoms with van der Waals surface area (Å²) in [5.74, 6) is 1.29. The van der Waals surface area contributed by atoms with Crippen molar-refractivity contribution >= 4 is 33.3 Å². The smallest absolute Gasteiger partial charge is 0.0606 e. The monoisotopic (exact) mass is 222 g/mol. The minimum Gasteiger partial charge on any atom is -0.147 e. The molecular formula is C9H18S3. The topological polar surface area (TPSA) is 0 Å². The van der Waals surface area contributed by atoms with Crippen molar-refractivity contribution in [2.24, 2.45) is 0 Å². The van der Waals surface area contributed by atoms with E-state index in [0.29, 0.717) is 0 Å². The highest BCUT2D eigenvalue weighted by atomic mass is 33.1. The molecule has 0 aromatic carbocycles. The van der Waals surface area contributed by atoms with E-state index >= 15 is 0 Å². The molecule has 0 fully saturated rings. The molecule has 0 radical (unpaired) electrons. The van der Waals surface area contributed by atoms with Crippen LogP contribution in [-0.4, -0.2) is 10.3 Å². The third-order valence-corrected chi connectivity index (χ3v) is 6.01. The summed E-state index contributed by atoms with van der Waals surface area (Å²) in [7, 11) is 3.83. The summed E-state index contributed by atoms with van der Waals surface area (Å²) in [5.41, 5.74) is 0. The van der Waals surface area contributed by atoms with Crippen LogP contribution in [0.25, 0.3) is 0 Å². The van der Waals surface area contributed by atoms with E-state index in [2.05, 4.69) is 44.0 Å². The second-order valence-electron chi connectivity index (χ2n) is 2.37. The van der Waals surface area contributed by atoms with Gasteiger partial charge in [0, 0.05) is 0 Å². The molecule has 0 nitrogen and oxygen atoms in total. The van der Waals surface area contributed by atoms with Crippen molar-refractivity contribution in [3.05, 3.63) is 11.5 Å². The Morgan fingerprint density at radius 2 is 2.08 bits per heavy atom. The lowest BCUT2D eigenvalue weighted by molar-refractivity contribution is 1.04. The number of hydrogen-bond donors (Lipinski definition) is 0. The molecule has 0 aliphatic carbocycles. The SMILES string of the molecule is C/C=C\SSC(CC)SCCC. The second kappa shape index (κ2) is 9.87. The minimum atomic E-state index is 0.770. The van der Waals surface area contributed by atoms with Gasteiger partial charge in [-0.2, -0.15) is 0 Å². The van der Waals surface area contributed by atoms with Crippen LogP contribution in [0.2, 0.25) is 0 Å². The summed E-state index contributed by atoms with van der Waals surface area (Å²) in [6.45, 7) is 6.56. The van der Waals surface area contributed by atoms with Crippen molar-refractivity contribution in [2.45, 2.75) is 38.2 Å². The highest BCUT2D eigenvalue weighted by Crippen LogP contribution is 2.36. The third-order valence-electron chi connectivity index (χ3n) is 1.20. The fourth-order valence-corrected chi connectivity index (χ4v) is 4.51. The lowest BCUT2D eigenvalue weighted by Gasteiger charge is -2.10. The Morgan fingerprint density at radius 3 is 2.58 bits per heavy atom. The lowest BCUT2D eigenvalue weighted by Crippen LogP contribution is -1.92. The molecule has 0 N–H and O–H groups in total. The molecule has 3 heteroatoms. The Morgan fingerprint density at radius 1 is 1.33 bits per heavy atom. The van der Waals surface area contributed by atoms with Crippen LogP contribution < -0.4 is 0 Å². The van der Waals surface area contributed by atoms with Gasteiger partial charge in [-0.1, -0.05) is 41.5 Å². The maximum atomic E-state index is 2.26. The fourth-order valence-electron chi connectivity index (χ4n) is 0.613. The van der Waals surface area contributed by atoms with Crippen LogP contribution in [0.3, 0.4) is 0 Å². The first-order valence-electron chi connectivity index (χ1n) is 4.40. The maximum Gasteiger partial charge on any atom is 0.0606 e. The first-order chi connectivity index (χ1) is 5.85. The van der Waals surface area contributed by atoms with Gasteiger partial charge in [0.05, 0.1) is 4.58 Å². The van der Waals surface area contributed by atoms with E-state index in [1.165, 1.54) is 18.6 Å². The molecule has 12 heavy (non-hydrogen) atoms. The summed E-state index contributed by atoms with van der Waals surface area (Å²) in [5, 5.41) is 2.15. The molecule has 0 aliphatic heterocycles. The molecule has 0 heterocycles. The molecule has 0 saturated carbocycles. The van der Waals surface area contributed by atoms with Crippen molar-refractivity contribution in [2.75, 3.05) is 5.75 Å². The molecule has 1 unspecified atom stereocenters. The van der Waals surface area contributed by atoms with E-state index in [1.807, 2.05) is 21.6 Å². The Hall–Kier alpha value is 0.790. The van der Waals surface area contributed by atoms with E-state index in [-0.39, 0.29) is 0 Å². The Balaban J connectivity index is 3.39. The molecule has 72 valence electrons. The molecule has 1 atom stereocenters. The largest absolute Gasteiger partial charge is 0.147 e. The van der Waals surface area contributed by atoms with Crippen molar-refractivity contribution in [3.8, 4) is 0 Å². The van der Waals surface area contributed by atoms with Gasteiger partial charge < -0.3 is 0 Å². The van der Waals surface area contributed by atoms with Crippen molar-refractivity contribution in [3.63, 3.8) is 0 Å². The van der Waals surface area contributed by atoms with Gasteiger partial charge in [0.25, 0.3) is 0 Å². The lowest BCUT2D eigenvalue weighted by atomic mass is 10.6. The van der Waals surface area contributed by atoms with E-state index in [1.54, 1.807) is 0 Å². The summed E-state index contributed by atoms with van der Waals surface area (Å²) in [6, 6.07) is 0. The summed E-state index contributed by atoms with van der Waals surface area (Å²) in [6.07, 6.45) is 4.64. The molecule has 0 saturated heterocycles. The van der Waals surface area contributed by atoms with Gasteiger partial charge in [0.15, 0.2) is 0 Å². The van der Waals surface area contributed by atoms with Gasteiger partial charge in [-0.25, -0.2) is 0 Å². The average molecular weight is 222 g/mol. The van der Waals surface area contributed by atoms with Gasteiger partial charge in [-0.15, -0.1) is 11.8 Å². The number of rotatable bonds is 7. The minimum absolute atomic E-state index is 0.770. The number of thioether (sulfide) groups is 1. The van der Waals surface area contributed by atoms with Crippen molar-refractivity contribution in [1.82, 2.24) is 0 Å². The maximum absolute atomic E-state index is 2.26. The van der Waals surface area contributed by atoms with Gasteiger partial charge in [0.2, 0.25) is 0 Å². The molecule has 0 amide bonds. The van der Waals surface area contributed by atoms with Crippen molar-refractivity contribution < 1.29 is 0 Å². The van der Waals surface area contributed by atoms with E-state index < -0.39 is 0 Å². The fraction of sp³-hybridized carbons (Fsp3) is 0.778. The molecule has 0 spiro atoms. The van der Waals surface area contributed by atoms with E-state index in [0.717, 1.165) is 4.58 Å². The molecule has 0 bridgehead atoms. The zero-order valence-corrected chi connectivity index (χ0v) is 10.5. The van der Waals surface area contributed by atoms with Gasteiger partial charge in [-0.3, -0.25) is 0 Å². The van der Waals surface area contributed by atoms with E-state index in [9.17, 15) is 0 Å². The van der Waals surface area contributed by atoms with Gasteiger partial charge in [-0.05, 0) is 30.9 Å². The molecule has 0 aliphatic rings. The van der Waals surface area contributed by atoms with Crippen LogP contribution in [0, 0.1) is 0 Å². The first-order valence-corrected chi connectivity index (χ1v) is 7.72. The van der Waals surface area contributed by atoms with Crippen LogP contribution >= 0.6 is 33.3 Å². The van der Waals surface area contributed by atoms with Crippen LogP contribution in [0.1, 0.15) is 33.6 Å². The predicted octanol–water partition coefficient (Wildman–Crippen LogP) is 4.78. The average Bonchev–Trinajstić information content (AvgIpc) is 2.11. The molecular weight excluding hydrogens is 204 g/mol. The van der Waals surface area contributed by atoms with Crippen LogP contribution in [-0.2, 0) is 0 Å². The molecule has 0 aromatic rings.